The normalized spacial score (nSPS) is 25.8. The number of hydrogen-bond acceptors (Lipinski definition) is 10. The number of aryl methyl sites for hydroxylation is 2. The number of pyridine rings is 1. The quantitative estimate of drug-likeness (QED) is 0.451. The number of rotatable bonds is 7. The molecule has 1 aliphatic carbocycles. The van der Waals surface area contributed by atoms with Crippen LogP contribution in [0.1, 0.15) is 38.6 Å². The summed E-state index contributed by atoms with van der Waals surface area (Å²) < 4.78 is 36.5. The number of hydrogen-bond donors (Lipinski definition) is 2. The van der Waals surface area contributed by atoms with Gasteiger partial charge in [0, 0.05) is 30.2 Å². The van der Waals surface area contributed by atoms with Gasteiger partial charge in [-0.15, -0.1) is 0 Å². The molecule has 10 nitrogen and oxygen atoms in total. The minimum Gasteiger partial charge on any atom is -0.478 e. The second-order valence-electron chi connectivity index (χ2n) is 9.77. The van der Waals surface area contributed by atoms with Gasteiger partial charge in [-0.2, -0.15) is 0 Å². The molecule has 1 aliphatic heterocycles. The molecule has 1 unspecified atom stereocenters. The van der Waals surface area contributed by atoms with Gasteiger partial charge >= 0.3 is 0 Å². The van der Waals surface area contributed by atoms with Gasteiger partial charge < -0.3 is 29.1 Å². The minimum absolute atomic E-state index is 0.00329. The molecule has 5 atom stereocenters. The first-order chi connectivity index (χ1) is 17.1. The predicted octanol–water partition coefficient (Wildman–Crippen LogP) is 3.35. The molecular formula is C25H32N4O6S. The highest BCUT2D eigenvalue weighted by molar-refractivity contribution is 7.84. The number of nitrogens with one attached hydrogen (secondary N) is 1. The van der Waals surface area contributed by atoms with E-state index in [4.69, 9.17) is 18.6 Å². The molecule has 4 heterocycles. The second kappa shape index (κ2) is 9.37. The number of ether oxygens (including phenoxy) is 3. The Morgan fingerprint density at radius 3 is 2.61 bits per heavy atom. The highest BCUT2D eigenvalue weighted by Crippen LogP contribution is 2.44. The molecule has 11 heteroatoms. The molecule has 0 amide bonds. The van der Waals surface area contributed by atoms with Crippen molar-refractivity contribution in [3.8, 4) is 17.2 Å². The summed E-state index contributed by atoms with van der Waals surface area (Å²) in [6, 6.07) is 3.58. The second-order valence-corrected chi connectivity index (χ2v) is 11.0. The molecule has 3 aromatic rings. The number of aliphatic hydroxyl groups is 1. The molecule has 0 aromatic carbocycles. The summed E-state index contributed by atoms with van der Waals surface area (Å²) >= 11 is 0. The van der Waals surface area contributed by atoms with Crippen LogP contribution in [0.3, 0.4) is 0 Å². The lowest BCUT2D eigenvalue weighted by Crippen LogP contribution is -2.35. The van der Waals surface area contributed by atoms with Gasteiger partial charge in [0.25, 0.3) is 0 Å². The fraction of sp³-hybridized carbons (Fsp3) is 0.560. The largest absolute Gasteiger partial charge is 0.478 e. The molecule has 2 fully saturated rings. The summed E-state index contributed by atoms with van der Waals surface area (Å²) in [5.41, 5.74) is 2.66. The Morgan fingerprint density at radius 2 is 1.92 bits per heavy atom. The van der Waals surface area contributed by atoms with Crippen LogP contribution in [0.4, 0.5) is 5.82 Å². The van der Waals surface area contributed by atoms with Gasteiger partial charge in [-0.25, -0.2) is 15.0 Å². The van der Waals surface area contributed by atoms with Crippen LogP contribution in [0.15, 0.2) is 21.7 Å². The van der Waals surface area contributed by atoms with Gasteiger partial charge in [0.1, 0.15) is 17.7 Å². The van der Waals surface area contributed by atoms with E-state index in [9.17, 15) is 9.32 Å². The lowest BCUT2D eigenvalue weighted by molar-refractivity contribution is -0.158. The van der Waals surface area contributed by atoms with Gasteiger partial charge in [0.05, 0.1) is 46.5 Å². The first-order valence-corrected chi connectivity index (χ1v) is 13.7. The van der Waals surface area contributed by atoms with Crippen LogP contribution < -0.4 is 10.1 Å². The van der Waals surface area contributed by atoms with Gasteiger partial charge in [0.2, 0.25) is 11.0 Å². The maximum Gasteiger partial charge on any atom is 0.220 e. The van der Waals surface area contributed by atoms with Crippen LogP contribution in [0, 0.1) is 19.8 Å². The Bertz CT molecular complexity index is 1330. The third kappa shape index (κ3) is 4.49. The number of anilines is 1. The predicted molar refractivity (Wildman–Crippen MR) is 134 cm³/mol. The summed E-state index contributed by atoms with van der Waals surface area (Å²) in [4.78, 5) is 13.6. The van der Waals surface area contributed by atoms with Crippen molar-refractivity contribution in [2.75, 3.05) is 24.8 Å². The number of aliphatic hydroxyl groups excluding tert-OH is 1. The van der Waals surface area contributed by atoms with E-state index in [1.54, 1.807) is 6.26 Å². The highest BCUT2D eigenvalue weighted by Gasteiger charge is 2.54. The van der Waals surface area contributed by atoms with E-state index < -0.39 is 16.6 Å². The highest BCUT2D eigenvalue weighted by atomic mass is 32.2. The number of furan rings is 1. The van der Waals surface area contributed by atoms with Crippen molar-refractivity contribution in [2.24, 2.45) is 5.92 Å². The zero-order valence-electron chi connectivity index (χ0n) is 21.3. The topological polar surface area (TPSA) is 129 Å². The van der Waals surface area contributed by atoms with Crippen LogP contribution >= 0.6 is 0 Å². The van der Waals surface area contributed by atoms with Crippen molar-refractivity contribution in [1.29, 1.82) is 0 Å². The van der Waals surface area contributed by atoms with Crippen LogP contribution in [0.2, 0.25) is 0 Å². The summed E-state index contributed by atoms with van der Waals surface area (Å²) in [6.45, 7) is 9.88. The van der Waals surface area contributed by atoms with Gasteiger partial charge in [-0.1, -0.05) is 0 Å². The molecule has 194 valence electrons. The maximum atomic E-state index is 12.3. The Labute approximate surface area is 212 Å². The molecule has 0 spiro atoms. The monoisotopic (exact) mass is 516 g/mol. The average molecular weight is 517 g/mol. The van der Waals surface area contributed by atoms with Crippen molar-refractivity contribution in [3.05, 3.63) is 23.5 Å². The van der Waals surface area contributed by atoms with E-state index in [1.807, 2.05) is 46.8 Å². The molecule has 5 rings (SSSR count). The van der Waals surface area contributed by atoms with Crippen molar-refractivity contribution < 1.29 is 27.9 Å². The molecule has 36 heavy (non-hydrogen) atoms. The first-order valence-electron chi connectivity index (χ1n) is 12.1. The van der Waals surface area contributed by atoms with Crippen LogP contribution in [0.5, 0.6) is 5.88 Å². The third-order valence-electron chi connectivity index (χ3n) is 6.65. The molecule has 2 aliphatic rings. The number of fused-ring (bicyclic) bond motifs is 2. The summed E-state index contributed by atoms with van der Waals surface area (Å²) in [5.74, 6) is 0.779. The van der Waals surface area contributed by atoms with E-state index in [2.05, 4.69) is 20.3 Å². The zero-order valence-corrected chi connectivity index (χ0v) is 22.1. The standard InChI is InChI=1S/C25H32N4O6S/c1-7-32-18-10-14-9-17(33-20(14)13(3)26-18)19-12(2)27-24(36(6)31)29-23(19)28-16-8-15(11-30)21-22(16)35-25(4,5)34-21/h9-10,15-16,21-22,30H,7-8,11H2,1-6H3,(H,27,28,29)/t15-,16-,21-,22+,36?/m1/s1. The fourth-order valence-electron chi connectivity index (χ4n) is 5.18. The van der Waals surface area contributed by atoms with E-state index >= 15 is 0 Å². The molecule has 0 radical (unpaired) electrons. The molecule has 0 bridgehead atoms. The minimum atomic E-state index is -1.38. The lowest BCUT2D eigenvalue weighted by Gasteiger charge is -2.24. The summed E-state index contributed by atoms with van der Waals surface area (Å²) in [7, 11) is -1.38. The zero-order chi connectivity index (χ0) is 25.8. The summed E-state index contributed by atoms with van der Waals surface area (Å²) in [6.07, 6.45) is 1.68. The molecule has 3 aromatic heterocycles. The van der Waals surface area contributed by atoms with Crippen molar-refractivity contribution in [2.45, 2.75) is 70.2 Å². The van der Waals surface area contributed by atoms with Crippen LogP contribution in [0.25, 0.3) is 22.3 Å². The SMILES string of the molecule is CCOc1cc2cc(-c3c(C)nc(S(C)=O)nc3N[C@@H]3C[C@H](CO)[C@H]4OC(C)(C)O[C@H]43)oc2c(C)n1. The van der Waals surface area contributed by atoms with Crippen LogP contribution in [-0.4, -0.2) is 67.8 Å². The van der Waals surface area contributed by atoms with E-state index in [0.29, 0.717) is 53.0 Å². The molecular weight excluding hydrogens is 484 g/mol. The average Bonchev–Trinajstić information content (AvgIpc) is 3.45. The first kappa shape index (κ1) is 25.1. The Hall–Kier alpha value is -2.60. The Balaban J connectivity index is 1.58. The van der Waals surface area contributed by atoms with Crippen molar-refractivity contribution >= 4 is 27.6 Å². The fourth-order valence-corrected chi connectivity index (χ4v) is 5.66. The van der Waals surface area contributed by atoms with E-state index in [1.165, 1.54) is 0 Å². The number of aromatic nitrogens is 3. The van der Waals surface area contributed by atoms with Crippen LogP contribution in [-0.2, 0) is 20.3 Å². The molecule has 1 saturated carbocycles. The van der Waals surface area contributed by atoms with E-state index in [0.717, 1.165) is 5.39 Å². The molecule has 2 N–H and O–H groups in total. The molecule has 1 saturated heterocycles. The smallest absolute Gasteiger partial charge is 0.220 e. The Morgan fingerprint density at radius 1 is 1.17 bits per heavy atom. The van der Waals surface area contributed by atoms with Gasteiger partial charge in [0.15, 0.2) is 11.4 Å². The van der Waals surface area contributed by atoms with Crippen molar-refractivity contribution in [3.63, 3.8) is 0 Å². The third-order valence-corrected chi connectivity index (χ3v) is 7.35. The lowest BCUT2D eigenvalue weighted by atomic mass is 10.1. The number of nitrogens with zero attached hydrogens (tertiary/aromatic N) is 3. The maximum absolute atomic E-state index is 12.3. The Kier molecular flexibility index (Phi) is 6.52. The van der Waals surface area contributed by atoms with Gasteiger partial charge in [-0.05, 0) is 47.1 Å². The van der Waals surface area contributed by atoms with E-state index in [-0.39, 0.29) is 35.9 Å². The van der Waals surface area contributed by atoms with Crippen molar-refractivity contribution in [1.82, 2.24) is 15.0 Å². The summed E-state index contributed by atoms with van der Waals surface area (Å²) in [5, 5.41) is 14.6. The van der Waals surface area contributed by atoms with Gasteiger partial charge in [-0.3, -0.25) is 4.21 Å².